The molecule has 1 N–H and O–H groups in total. The smallest absolute Gasteiger partial charge is 0.0992 e. The number of rotatable bonds is 2. The summed E-state index contributed by atoms with van der Waals surface area (Å²) in [4.78, 5) is 0. The summed E-state index contributed by atoms with van der Waals surface area (Å²) in [6.45, 7) is 4.64. The van der Waals surface area contributed by atoms with E-state index in [4.69, 9.17) is 5.26 Å². The summed E-state index contributed by atoms with van der Waals surface area (Å²) in [6.07, 6.45) is 1.24. The third kappa shape index (κ3) is 2.95. The van der Waals surface area contributed by atoms with Gasteiger partial charge in [0.05, 0.1) is 11.6 Å². The zero-order valence-corrected chi connectivity index (χ0v) is 11.2. The summed E-state index contributed by atoms with van der Waals surface area (Å²) in [6, 6.07) is 10.4. The van der Waals surface area contributed by atoms with Crippen LogP contribution < -0.4 is 5.32 Å². The minimum atomic E-state index is 0.327. The van der Waals surface area contributed by atoms with Gasteiger partial charge in [-0.3, -0.25) is 0 Å². The lowest BCUT2D eigenvalue weighted by molar-refractivity contribution is 0.305. The van der Waals surface area contributed by atoms with Crippen LogP contribution in [0.4, 0.5) is 5.69 Å². The molecule has 0 radical (unpaired) electrons. The van der Waals surface area contributed by atoms with Gasteiger partial charge >= 0.3 is 0 Å². The molecule has 2 nitrogen and oxygen atoms in total. The van der Waals surface area contributed by atoms with Crippen molar-refractivity contribution >= 4 is 17.4 Å². The molecule has 1 aliphatic heterocycles. The number of hydrogen-bond acceptors (Lipinski definition) is 3. The zero-order chi connectivity index (χ0) is 12.3. The molecule has 17 heavy (non-hydrogen) atoms. The maximum absolute atomic E-state index is 8.89. The minimum Gasteiger partial charge on any atom is -0.381 e. The Hall–Kier alpha value is -1.14. The van der Waals surface area contributed by atoms with Gasteiger partial charge in [0.25, 0.3) is 0 Å². The van der Waals surface area contributed by atoms with Crippen molar-refractivity contribution < 1.29 is 0 Å². The first-order valence-corrected chi connectivity index (χ1v) is 7.12. The predicted octanol–water partition coefficient (Wildman–Crippen LogP) is 3.50. The van der Waals surface area contributed by atoms with Crippen LogP contribution in [-0.2, 0) is 0 Å². The van der Waals surface area contributed by atoms with Crippen LogP contribution in [0.15, 0.2) is 24.3 Å². The molecular formula is C14H18N2S. The fraction of sp³-hybridized carbons (Fsp3) is 0.500. The largest absolute Gasteiger partial charge is 0.381 e. The Morgan fingerprint density at radius 3 is 3.00 bits per heavy atom. The Labute approximate surface area is 107 Å². The molecule has 1 heterocycles. The van der Waals surface area contributed by atoms with Crippen LogP contribution in [0.3, 0.4) is 0 Å². The van der Waals surface area contributed by atoms with Gasteiger partial charge in [0.1, 0.15) is 0 Å². The first kappa shape index (κ1) is 12.3. The maximum Gasteiger partial charge on any atom is 0.0992 e. The summed E-state index contributed by atoms with van der Waals surface area (Å²) >= 11 is 2.01. The Bertz CT molecular complexity index is 434. The quantitative estimate of drug-likeness (QED) is 0.867. The summed E-state index contributed by atoms with van der Waals surface area (Å²) in [5.74, 6) is 2.40. The highest BCUT2D eigenvalue weighted by atomic mass is 32.2. The van der Waals surface area contributed by atoms with Crippen molar-refractivity contribution in [1.82, 2.24) is 0 Å². The van der Waals surface area contributed by atoms with Crippen molar-refractivity contribution in [2.45, 2.75) is 26.3 Å². The van der Waals surface area contributed by atoms with Crippen LogP contribution in [0, 0.1) is 16.7 Å². The molecule has 0 aliphatic carbocycles. The molecule has 1 saturated heterocycles. The van der Waals surface area contributed by atoms with Crippen LogP contribution in [0.2, 0.25) is 0 Å². The Balaban J connectivity index is 2.12. The van der Waals surface area contributed by atoms with Crippen LogP contribution in [0.1, 0.15) is 25.8 Å². The first-order chi connectivity index (χ1) is 8.12. The molecule has 0 saturated carbocycles. The lowest BCUT2D eigenvalue weighted by Crippen LogP contribution is -2.41. The van der Waals surface area contributed by atoms with E-state index < -0.39 is 0 Å². The van der Waals surface area contributed by atoms with E-state index in [-0.39, 0.29) is 0 Å². The zero-order valence-electron chi connectivity index (χ0n) is 10.4. The molecule has 0 amide bonds. The predicted molar refractivity (Wildman–Crippen MR) is 74.3 cm³/mol. The summed E-state index contributed by atoms with van der Waals surface area (Å²) < 4.78 is 0. The molecule has 1 aliphatic rings. The van der Waals surface area contributed by atoms with Gasteiger partial charge in [0, 0.05) is 17.5 Å². The summed E-state index contributed by atoms with van der Waals surface area (Å²) in [5, 5.41) is 12.5. The third-order valence-electron chi connectivity index (χ3n) is 3.45. The second-order valence-corrected chi connectivity index (χ2v) is 6.35. The van der Waals surface area contributed by atoms with E-state index in [1.165, 1.54) is 12.2 Å². The van der Waals surface area contributed by atoms with E-state index in [1.54, 1.807) is 0 Å². The topological polar surface area (TPSA) is 35.8 Å². The van der Waals surface area contributed by atoms with Crippen molar-refractivity contribution in [3.05, 3.63) is 29.8 Å². The fourth-order valence-corrected chi connectivity index (χ4v) is 3.66. The van der Waals surface area contributed by atoms with Crippen LogP contribution in [0.25, 0.3) is 0 Å². The average molecular weight is 246 g/mol. The van der Waals surface area contributed by atoms with E-state index in [9.17, 15) is 0 Å². The SMILES string of the molecule is CC1(C)CCSCC1Nc1cccc(C#N)c1. The second kappa shape index (κ2) is 5.01. The van der Waals surface area contributed by atoms with E-state index in [2.05, 4.69) is 25.2 Å². The molecule has 1 aromatic carbocycles. The highest BCUT2D eigenvalue weighted by Crippen LogP contribution is 2.35. The Morgan fingerprint density at radius 1 is 1.47 bits per heavy atom. The van der Waals surface area contributed by atoms with E-state index >= 15 is 0 Å². The molecule has 1 atom stereocenters. The third-order valence-corrected chi connectivity index (χ3v) is 4.51. The van der Waals surface area contributed by atoms with Gasteiger partial charge in [-0.25, -0.2) is 0 Å². The van der Waals surface area contributed by atoms with Crippen molar-refractivity contribution in [3.8, 4) is 6.07 Å². The van der Waals surface area contributed by atoms with E-state index in [0.717, 1.165) is 17.0 Å². The van der Waals surface area contributed by atoms with Gasteiger partial charge < -0.3 is 5.32 Å². The Kier molecular flexibility index (Phi) is 3.63. The molecule has 90 valence electrons. The van der Waals surface area contributed by atoms with Gasteiger partial charge in [-0.15, -0.1) is 0 Å². The molecule has 0 spiro atoms. The van der Waals surface area contributed by atoms with Gasteiger partial charge in [-0.05, 0) is 35.8 Å². The van der Waals surface area contributed by atoms with Gasteiger partial charge in [0.2, 0.25) is 0 Å². The molecule has 3 heteroatoms. The highest BCUT2D eigenvalue weighted by molar-refractivity contribution is 7.99. The monoisotopic (exact) mass is 246 g/mol. The van der Waals surface area contributed by atoms with Crippen LogP contribution in [0.5, 0.6) is 0 Å². The van der Waals surface area contributed by atoms with Crippen molar-refractivity contribution in [2.24, 2.45) is 5.41 Å². The maximum atomic E-state index is 8.89. The number of thioether (sulfide) groups is 1. The van der Waals surface area contributed by atoms with Gasteiger partial charge in [-0.2, -0.15) is 17.0 Å². The number of anilines is 1. The summed E-state index contributed by atoms with van der Waals surface area (Å²) in [5.41, 5.74) is 2.11. The van der Waals surface area contributed by atoms with Gasteiger partial charge in [-0.1, -0.05) is 19.9 Å². The lowest BCUT2D eigenvalue weighted by atomic mass is 9.82. The van der Waals surface area contributed by atoms with Gasteiger partial charge in [0.15, 0.2) is 0 Å². The molecule has 1 unspecified atom stereocenters. The number of benzene rings is 1. The minimum absolute atomic E-state index is 0.327. The van der Waals surface area contributed by atoms with Crippen molar-refractivity contribution in [3.63, 3.8) is 0 Å². The summed E-state index contributed by atoms with van der Waals surface area (Å²) in [7, 11) is 0. The highest BCUT2D eigenvalue weighted by Gasteiger charge is 2.32. The Morgan fingerprint density at radius 2 is 2.29 bits per heavy atom. The number of hydrogen-bond donors (Lipinski definition) is 1. The number of nitrogens with zero attached hydrogens (tertiary/aromatic N) is 1. The van der Waals surface area contributed by atoms with Crippen LogP contribution in [-0.4, -0.2) is 17.5 Å². The standard InChI is InChI=1S/C14H18N2S/c1-14(2)6-7-17-10-13(14)16-12-5-3-4-11(8-12)9-15/h3-5,8,13,16H,6-7,10H2,1-2H3. The lowest BCUT2D eigenvalue weighted by Gasteiger charge is -2.39. The number of nitriles is 1. The van der Waals surface area contributed by atoms with E-state index in [1.807, 2.05) is 36.0 Å². The molecule has 1 aromatic rings. The van der Waals surface area contributed by atoms with Crippen molar-refractivity contribution in [2.75, 3.05) is 16.8 Å². The van der Waals surface area contributed by atoms with Crippen LogP contribution >= 0.6 is 11.8 Å². The average Bonchev–Trinajstić information content (AvgIpc) is 2.32. The van der Waals surface area contributed by atoms with Crippen molar-refractivity contribution in [1.29, 1.82) is 5.26 Å². The second-order valence-electron chi connectivity index (χ2n) is 5.20. The number of nitrogens with one attached hydrogen (secondary N) is 1. The molecule has 0 bridgehead atoms. The normalized spacial score (nSPS) is 22.8. The molecule has 0 aromatic heterocycles. The van der Waals surface area contributed by atoms with E-state index in [0.29, 0.717) is 11.5 Å². The molecular weight excluding hydrogens is 228 g/mol. The molecule has 2 rings (SSSR count). The first-order valence-electron chi connectivity index (χ1n) is 5.96. The molecule has 1 fully saturated rings. The fourth-order valence-electron chi connectivity index (χ4n) is 2.05.